The van der Waals surface area contributed by atoms with Crippen molar-refractivity contribution in [2.24, 2.45) is 0 Å². The number of carbonyl (C=O) groups is 2. The third kappa shape index (κ3) is 4.94. The average molecular weight is 278 g/mol. The fourth-order valence-corrected chi connectivity index (χ4v) is 1.37. The van der Waals surface area contributed by atoms with Gasteiger partial charge in [-0.05, 0) is 24.6 Å². The molecule has 20 heavy (non-hydrogen) atoms. The zero-order chi connectivity index (χ0) is 15.0. The standard InChI is InChI=1S/C13H15FN4O2/c1-2-5-16-12(19)8-17-13(20)18-11-4-3-10(14)6-9(11)7-15/h3-4,6H,2,5,8H2,1H3,(H,16,19)(H2,17,18,20). The van der Waals surface area contributed by atoms with Crippen molar-refractivity contribution in [3.8, 4) is 6.07 Å². The van der Waals surface area contributed by atoms with Gasteiger partial charge in [-0.15, -0.1) is 0 Å². The highest BCUT2D eigenvalue weighted by Crippen LogP contribution is 2.15. The number of hydrogen-bond donors (Lipinski definition) is 3. The SMILES string of the molecule is CCCNC(=O)CNC(=O)Nc1ccc(F)cc1C#N. The molecule has 0 bridgehead atoms. The Balaban J connectivity index is 2.51. The first-order valence-corrected chi connectivity index (χ1v) is 6.08. The van der Waals surface area contributed by atoms with Crippen molar-refractivity contribution in [2.45, 2.75) is 13.3 Å². The second kappa shape index (κ2) is 7.74. The molecule has 0 aliphatic rings. The van der Waals surface area contributed by atoms with E-state index in [-0.39, 0.29) is 23.7 Å². The van der Waals surface area contributed by atoms with Crippen LogP contribution in [0.5, 0.6) is 0 Å². The molecular formula is C13H15FN4O2. The zero-order valence-electron chi connectivity index (χ0n) is 11.0. The van der Waals surface area contributed by atoms with Gasteiger partial charge >= 0.3 is 6.03 Å². The Labute approximate surface area is 116 Å². The van der Waals surface area contributed by atoms with Gasteiger partial charge in [0.1, 0.15) is 11.9 Å². The van der Waals surface area contributed by atoms with Crippen LogP contribution in [0.1, 0.15) is 18.9 Å². The van der Waals surface area contributed by atoms with Crippen molar-refractivity contribution in [1.29, 1.82) is 5.26 Å². The average Bonchev–Trinajstić information content (AvgIpc) is 2.44. The summed E-state index contributed by atoms with van der Waals surface area (Å²) in [4.78, 5) is 22.8. The minimum Gasteiger partial charge on any atom is -0.355 e. The molecule has 0 aliphatic carbocycles. The summed E-state index contributed by atoms with van der Waals surface area (Å²) < 4.78 is 12.9. The molecule has 0 atom stereocenters. The lowest BCUT2D eigenvalue weighted by atomic mass is 10.2. The number of halogens is 1. The maximum absolute atomic E-state index is 12.9. The van der Waals surface area contributed by atoms with Crippen molar-refractivity contribution in [3.05, 3.63) is 29.6 Å². The normalized spacial score (nSPS) is 9.45. The van der Waals surface area contributed by atoms with Crippen LogP contribution in [-0.4, -0.2) is 25.0 Å². The molecule has 0 aromatic heterocycles. The molecule has 1 aromatic rings. The monoisotopic (exact) mass is 278 g/mol. The van der Waals surface area contributed by atoms with E-state index in [2.05, 4.69) is 16.0 Å². The topological polar surface area (TPSA) is 94.0 Å². The number of amides is 3. The van der Waals surface area contributed by atoms with Crippen LogP contribution in [0.15, 0.2) is 18.2 Å². The molecular weight excluding hydrogens is 263 g/mol. The van der Waals surface area contributed by atoms with E-state index in [4.69, 9.17) is 5.26 Å². The van der Waals surface area contributed by atoms with E-state index in [9.17, 15) is 14.0 Å². The highest BCUT2D eigenvalue weighted by Gasteiger charge is 2.08. The molecule has 0 aliphatic heterocycles. The van der Waals surface area contributed by atoms with Crippen LogP contribution < -0.4 is 16.0 Å². The van der Waals surface area contributed by atoms with Gasteiger partial charge in [0.25, 0.3) is 0 Å². The van der Waals surface area contributed by atoms with Gasteiger partial charge in [0.2, 0.25) is 5.91 Å². The second-order valence-corrected chi connectivity index (χ2v) is 3.96. The third-order valence-corrected chi connectivity index (χ3v) is 2.33. The molecule has 1 rings (SSSR count). The molecule has 3 amide bonds. The van der Waals surface area contributed by atoms with Crippen LogP contribution in [0.2, 0.25) is 0 Å². The van der Waals surface area contributed by atoms with E-state index < -0.39 is 11.8 Å². The van der Waals surface area contributed by atoms with Crippen LogP contribution in [0.3, 0.4) is 0 Å². The van der Waals surface area contributed by atoms with Gasteiger partial charge in [-0.25, -0.2) is 9.18 Å². The van der Waals surface area contributed by atoms with E-state index in [1.165, 1.54) is 6.07 Å². The number of nitrogens with one attached hydrogen (secondary N) is 3. The number of carbonyl (C=O) groups excluding carboxylic acids is 2. The van der Waals surface area contributed by atoms with Crippen LogP contribution in [-0.2, 0) is 4.79 Å². The highest BCUT2D eigenvalue weighted by atomic mass is 19.1. The van der Waals surface area contributed by atoms with E-state index >= 15 is 0 Å². The summed E-state index contributed by atoms with van der Waals surface area (Å²) in [6, 6.07) is 4.56. The first-order valence-electron chi connectivity index (χ1n) is 6.08. The molecule has 0 heterocycles. The fourth-order valence-electron chi connectivity index (χ4n) is 1.37. The minimum absolute atomic E-state index is 0.00980. The van der Waals surface area contributed by atoms with Gasteiger partial charge in [-0.2, -0.15) is 5.26 Å². The van der Waals surface area contributed by atoms with Crippen molar-refractivity contribution in [3.63, 3.8) is 0 Å². The molecule has 6 nitrogen and oxygen atoms in total. The summed E-state index contributed by atoms with van der Waals surface area (Å²) in [5, 5.41) is 16.1. The summed E-state index contributed by atoms with van der Waals surface area (Å²) >= 11 is 0. The lowest BCUT2D eigenvalue weighted by Gasteiger charge is -2.09. The number of benzene rings is 1. The Hall–Kier alpha value is -2.62. The van der Waals surface area contributed by atoms with Crippen LogP contribution in [0.4, 0.5) is 14.9 Å². The molecule has 0 spiro atoms. The van der Waals surface area contributed by atoms with E-state index in [1.54, 1.807) is 6.07 Å². The maximum Gasteiger partial charge on any atom is 0.319 e. The Morgan fingerprint density at radius 1 is 1.35 bits per heavy atom. The number of hydrogen-bond acceptors (Lipinski definition) is 3. The fraction of sp³-hybridized carbons (Fsp3) is 0.308. The summed E-state index contributed by atoms with van der Waals surface area (Å²) in [7, 11) is 0. The second-order valence-electron chi connectivity index (χ2n) is 3.96. The van der Waals surface area contributed by atoms with Gasteiger partial charge in [-0.3, -0.25) is 4.79 Å². The first kappa shape index (κ1) is 15.4. The number of anilines is 1. The summed E-state index contributed by atoms with van der Waals surface area (Å²) in [6.07, 6.45) is 0.805. The first-order chi connectivity index (χ1) is 9.56. The van der Waals surface area contributed by atoms with Gasteiger partial charge in [-0.1, -0.05) is 6.92 Å². The van der Waals surface area contributed by atoms with Crippen LogP contribution >= 0.6 is 0 Å². The predicted molar refractivity (Wildman–Crippen MR) is 71.4 cm³/mol. The Morgan fingerprint density at radius 3 is 2.75 bits per heavy atom. The van der Waals surface area contributed by atoms with Crippen molar-refractivity contribution in [2.75, 3.05) is 18.4 Å². The predicted octanol–water partition coefficient (Wildman–Crippen LogP) is 1.35. The summed E-state index contributed by atoms with van der Waals surface area (Å²) in [5.41, 5.74) is 0.191. The summed E-state index contributed by atoms with van der Waals surface area (Å²) in [5.74, 6) is -0.868. The lowest BCUT2D eigenvalue weighted by molar-refractivity contribution is -0.120. The molecule has 0 radical (unpaired) electrons. The zero-order valence-corrected chi connectivity index (χ0v) is 11.0. The van der Waals surface area contributed by atoms with Crippen LogP contribution in [0, 0.1) is 17.1 Å². The molecule has 0 saturated carbocycles. The smallest absolute Gasteiger partial charge is 0.319 e. The van der Waals surface area contributed by atoms with Crippen molar-refractivity contribution < 1.29 is 14.0 Å². The number of urea groups is 1. The minimum atomic E-state index is -0.639. The number of nitriles is 1. The quantitative estimate of drug-likeness (QED) is 0.758. The van der Waals surface area contributed by atoms with E-state index in [0.717, 1.165) is 18.6 Å². The number of nitrogens with zero attached hydrogens (tertiary/aromatic N) is 1. The lowest BCUT2D eigenvalue weighted by Crippen LogP contribution is -2.39. The van der Waals surface area contributed by atoms with Gasteiger partial charge in [0.05, 0.1) is 17.8 Å². The highest BCUT2D eigenvalue weighted by molar-refractivity contribution is 5.93. The molecule has 3 N–H and O–H groups in total. The Morgan fingerprint density at radius 2 is 2.10 bits per heavy atom. The number of rotatable bonds is 5. The van der Waals surface area contributed by atoms with E-state index in [0.29, 0.717) is 6.54 Å². The molecule has 7 heteroatoms. The Bertz CT molecular complexity index is 540. The largest absolute Gasteiger partial charge is 0.355 e. The third-order valence-electron chi connectivity index (χ3n) is 2.33. The molecule has 0 saturated heterocycles. The maximum atomic E-state index is 12.9. The van der Waals surface area contributed by atoms with Crippen LogP contribution in [0.25, 0.3) is 0 Å². The van der Waals surface area contributed by atoms with Crippen molar-refractivity contribution >= 4 is 17.6 Å². The van der Waals surface area contributed by atoms with E-state index in [1.807, 2.05) is 6.92 Å². The molecule has 1 aromatic carbocycles. The van der Waals surface area contributed by atoms with Gasteiger partial charge in [0.15, 0.2) is 0 Å². The molecule has 0 unspecified atom stereocenters. The molecule has 106 valence electrons. The molecule has 0 fully saturated rings. The summed E-state index contributed by atoms with van der Waals surface area (Å²) in [6.45, 7) is 2.28. The Kier molecular flexibility index (Phi) is 5.97. The van der Waals surface area contributed by atoms with Crippen molar-refractivity contribution in [1.82, 2.24) is 10.6 Å². The van der Waals surface area contributed by atoms with Gasteiger partial charge in [0, 0.05) is 6.54 Å². The van der Waals surface area contributed by atoms with Gasteiger partial charge < -0.3 is 16.0 Å².